The average molecular weight is 280 g/mol. The molecule has 5 atom stereocenters. The highest BCUT2D eigenvalue weighted by Gasteiger charge is 2.46. The van der Waals surface area contributed by atoms with Crippen LogP contribution in [0.3, 0.4) is 0 Å². The maximum Gasteiger partial charge on any atom is 0.334 e. The second-order valence-corrected chi connectivity index (χ2v) is 5.48. The van der Waals surface area contributed by atoms with E-state index < -0.39 is 36.3 Å². The van der Waals surface area contributed by atoms with Crippen molar-refractivity contribution in [3.8, 4) is 0 Å². The van der Waals surface area contributed by atoms with Crippen molar-refractivity contribution in [1.29, 1.82) is 0 Å². The molecule has 1 aliphatic carbocycles. The number of carbonyl (C=O) groups excluding carboxylic acids is 1. The first-order valence-corrected chi connectivity index (χ1v) is 6.63. The van der Waals surface area contributed by atoms with Gasteiger partial charge in [-0.1, -0.05) is 19.2 Å². The van der Waals surface area contributed by atoms with Crippen LogP contribution in [0.4, 0.5) is 0 Å². The maximum absolute atomic E-state index is 11.6. The first-order valence-electron chi connectivity index (χ1n) is 6.63. The van der Waals surface area contributed by atoms with Crippen molar-refractivity contribution in [1.82, 2.24) is 0 Å². The second-order valence-electron chi connectivity index (χ2n) is 5.48. The Morgan fingerprint density at radius 2 is 1.95 bits per heavy atom. The van der Waals surface area contributed by atoms with Crippen LogP contribution >= 0.6 is 0 Å². The number of aliphatic hydroxyl groups excluding tert-OH is 3. The zero-order chi connectivity index (χ0) is 15.0. The van der Waals surface area contributed by atoms with E-state index in [9.17, 15) is 20.1 Å². The van der Waals surface area contributed by atoms with E-state index >= 15 is 0 Å². The van der Waals surface area contributed by atoms with Crippen LogP contribution in [-0.4, -0.2) is 45.7 Å². The fraction of sp³-hybridized carbons (Fsp3) is 0.533. The third kappa shape index (κ3) is 2.57. The van der Waals surface area contributed by atoms with Gasteiger partial charge in [0.25, 0.3) is 0 Å². The highest BCUT2D eigenvalue weighted by Crippen LogP contribution is 2.36. The average Bonchev–Trinajstić information content (AvgIpc) is 2.69. The molecule has 110 valence electrons. The minimum absolute atomic E-state index is 0.133. The summed E-state index contributed by atoms with van der Waals surface area (Å²) in [5.74, 6) is -1.34. The smallest absolute Gasteiger partial charge is 0.334 e. The molecule has 0 aromatic heterocycles. The molecule has 2 aliphatic rings. The monoisotopic (exact) mass is 280 g/mol. The van der Waals surface area contributed by atoms with Gasteiger partial charge in [0.2, 0.25) is 0 Å². The fourth-order valence-corrected chi connectivity index (χ4v) is 2.68. The van der Waals surface area contributed by atoms with E-state index in [2.05, 4.69) is 13.2 Å². The standard InChI is InChI=1S/C15H20O5/c1-7-4-5-10(16)8(2)6-11(17)12-9(3)15(19)20-14(12)13(7)18/h6,10-14,16-18H,1,3-5H2,2H3/b8-6-/t10-,11-,12+,13-,14-/m0/s1. The Balaban J connectivity index is 2.41. The highest BCUT2D eigenvalue weighted by molar-refractivity contribution is 5.91. The molecule has 0 saturated carbocycles. The summed E-state index contributed by atoms with van der Waals surface area (Å²) in [5.41, 5.74) is 1.23. The van der Waals surface area contributed by atoms with Crippen molar-refractivity contribution in [2.75, 3.05) is 0 Å². The fourth-order valence-electron chi connectivity index (χ4n) is 2.68. The van der Waals surface area contributed by atoms with Gasteiger partial charge in [-0.3, -0.25) is 0 Å². The van der Waals surface area contributed by atoms with Crippen molar-refractivity contribution in [3.05, 3.63) is 36.0 Å². The van der Waals surface area contributed by atoms with Gasteiger partial charge in [-0.2, -0.15) is 0 Å². The molecule has 1 fully saturated rings. The third-order valence-electron chi connectivity index (χ3n) is 4.06. The van der Waals surface area contributed by atoms with Gasteiger partial charge < -0.3 is 20.1 Å². The summed E-state index contributed by atoms with van der Waals surface area (Å²) in [7, 11) is 0. The molecule has 0 aromatic carbocycles. The van der Waals surface area contributed by atoms with E-state index in [0.29, 0.717) is 24.0 Å². The van der Waals surface area contributed by atoms with Gasteiger partial charge in [0.15, 0.2) is 0 Å². The van der Waals surface area contributed by atoms with E-state index in [1.54, 1.807) is 6.92 Å². The van der Waals surface area contributed by atoms with Crippen LogP contribution in [0.25, 0.3) is 0 Å². The molecule has 0 bridgehead atoms. The SMILES string of the molecule is C=C1C(=O)O[C@H]2[C@H]1[C@@H](O)/C=C(/C)[C@@H](O)CCC(=C)[C@@H]2O. The zero-order valence-electron chi connectivity index (χ0n) is 11.5. The number of carbonyl (C=O) groups is 1. The Bertz CT molecular complexity index is 479. The molecule has 20 heavy (non-hydrogen) atoms. The Hall–Kier alpha value is -1.43. The molecule has 1 heterocycles. The number of esters is 1. The van der Waals surface area contributed by atoms with Crippen LogP contribution < -0.4 is 0 Å². The quantitative estimate of drug-likeness (QED) is 0.341. The maximum atomic E-state index is 11.6. The van der Waals surface area contributed by atoms with E-state index in [0.717, 1.165) is 0 Å². The second kappa shape index (κ2) is 5.52. The van der Waals surface area contributed by atoms with E-state index in [-0.39, 0.29) is 5.57 Å². The lowest BCUT2D eigenvalue weighted by atomic mass is 9.83. The molecular formula is C15H20O5. The lowest BCUT2D eigenvalue weighted by molar-refractivity contribution is -0.143. The Labute approximate surface area is 117 Å². The predicted octanol–water partition coefficient (Wildman–Crippen LogP) is 0.463. The van der Waals surface area contributed by atoms with Gasteiger partial charge in [-0.05, 0) is 30.9 Å². The van der Waals surface area contributed by atoms with E-state index in [1.165, 1.54) is 6.08 Å². The van der Waals surface area contributed by atoms with Gasteiger partial charge in [-0.25, -0.2) is 4.79 Å². The summed E-state index contributed by atoms with van der Waals surface area (Å²) in [6.07, 6.45) is -1.40. The summed E-state index contributed by atoms with van der Waals surface area (Å²) in [4.78, 5) is 11.6. The summed E-state index contributed by atoms with van der Waals surface area (Å²) in [6.45, 7) is 9.13. The minimum atomic E-state index is -1.07. The van der Waals surface area contributed by atoms with Crippen LogP contribution in [0.5, 0.6) is 0 Å². The van der Waals surface area contributed by atoms with E-state index in [1.807, 2.05) is 0 Å². The Morgan fingerprint density at radius 1 is 1.30 bits per heavy atom. The zero-order valence-corrected chi connectivity index (χ0v) is 11.5. The van der Waals surface area contributed by atoms with Gasteiger partial charge in [0.1, 0.15) is 12.2 Å². The number of fused-ring (bicyclic) bond motifs is 1. The van der Waals surface area contributed by atoms with Crippen LogP contribution in [0, 0.1) is 5.92 Å². The van der Waals surface area contributed by atoms with Crippen molar-refractivity contribution in [3.63, 3.8) is 0 Å². The van der Waals surface area contributed by atoms with Gasteiger partial charge in [0.05, 0.1) is 18.1 Å². The lowest BCUT2D eigenvalue weighted by Crippen LogP contribution is -2.39. The van der Waals surface area contributed by atoms with Gasteiger partial charge >= 0.3 is 5.97 Å². The number of hydrogen-bond acceptors (Lipinski definition) is 5. The van der Waals surface area contributed by atoms with Crippen LogP contribution in [0.2, 0.25) is 0 Å². The molecule has 1 saturated heterocycles. The highest BCUT2D eigenvalue weighted by atomic mass is 16.6. The Morgan fingerprint density at radius 3 is 2.60 bits per heavy atom. The molecule has 1 aliphatic heterocycles. The molecule has 3 N–H and O–H groups in total. The molecule has 5 nitrogen and oxygen atoms in total. The topological polar surface area (TPSA) is 87.0 Å². The van der Waals surface area contributed by atoms with Gasteiger partial charge in [0, 0.05) is 5.57 Å². The summed E-state index contributed by atoms with van der Waals surface area (Å²) < 4.78 is 5.12. The van der Waals surface area contributed by atoms with Crippen LogP contribution in [0.15, 0.2) is 36.0 Å². The summed E-state index contributed by atoms with van der Waals surface area (Å²) in [6, 6.07) is 0. The largest absolute Gasteiger partial charge is 0.455 e. The molecule has 5 heteroatoms. The molecule has 0 amide bonds. The number of rotatable bonds is 0. The van der Waals surface area contributed by atoms with Gasteiger partial charge in [-0.15, -0.1) is 0 Å². The van der Waals surface area contributed by atoms with E-state index in [4.69, 9.17) is 4.74 Å². The predicted molar refractivity (Wildman–Crippen MR) is 72.7 cm³/mol. The lowest BCUT2D eigenvalue weighted by Gasteiger charge is -2.29. The van der Waals surface area contributed by atoms with Crippen LogP contribution in [-0.2, 0) is 9.53 Å². The first kappa shape index (κ1) is 15.0. The Kier molecular flexibility index (Phi) is 4.13. The first-order chi connectivity index (χ1) is 9.32. The molecule has 0 radical (unpaired) electrons. The van der Waals surface area contributed by atoms with Crippen molar-refractivity contribution >= 4 is 5.97 Å². The number of ether oxygens (including phenoxy) is 1. The molecule has 0 aromatic rings. The molecule has 0 spiro atoms. The van der Waals surface area contributed by atoms with Crippen LogP contribution in [0.1, 0.15) is 19.8 Å². The van der Waals surface area contributed by atoms with Crippen molar-refractivity contribution < 1.29 is 24.9 Å². The molecule has 2 rings (SSSR count). The van der Waals surface area contributed by atoms with Crippen molar-refractivity contribution in [2.24, 2.45) is 5.92 Å². The number of aliphatic hydroxyl groups is 3. The van der Waals surface area contributed by atoms with Crippen molar-refractivity contribution in [2.45, 2.75) is 44.2 Å². The third-order valence-corrected chi connectivity index (χ3v) is 4.06. The number of hydrogen-bond donors (Lipinski definition) is 3. The summed E-state index contributed by atoms with van der Waals surface area (Å²) in [5, 5.41) is 30.5. The normalized spacial score (nSPS) is 41.7. The minimum Gasteiger partial charge on any atom is -0.455 e. The molecular weight excluding hydrogens is 260 g/mol. The molecule has 0 unspecified atom stereocenters. The summed E-state index contributed by atoms with van der Waals surface area (Å²) >= 11 is 0.